The van der Waals surface area contributed by atoms with E-state index in [1.807, 2.05) is 0 Å². The second-order valence-electron chi connectivity index (χ2n) is 6.53. The molecule has 0 bridgehead atoms. The van der Waals surface area contributed by atoms with E-state index in [1.165, 1.54) is 13.3 Å². The summed E-state index contributed by atoms with van der Waals surface area (Å²) in [4.78, 5) is 47.4. The Morgan fingerprint density at radius 1 is 1.03 bits per heavy atom. The fraction of sp³-hybridized carbons (Fsp3) is 0.350. The van der Waals surface area contributed by atoms with Crippen molar-refractivity contribution in [2.75, 3.05) is 38.1 Å². The number of aromatic nitrogens is 2. The molecule has 29 heavy (non-hydrogen) atoms. The number of amides is 2. The smallest absolute Gasteiger partial charge is 0.409 e. The molecule has 2 aromatic rings. The topological polar surface area (TPSA) is 105 Å². The highest BCUT2D eigenvalue weighted by atomic mass is 16.6. The summed E-state index contributed by atoms with van der Waals surface area (Å²) in [6, 6.07) is 8.57. The summed E-state index contributed by atoms with van der Waals surface area (Å²) in [7, 11) is 0. The van der Waals surface area contributed by atoms with Crippen molar-refractivity contribution in [1.82, 2.24) is 19.8 Å². The Morgan fingerprint density at radius 2 is 1.69 bits per heavy atom. The standard InChI is InChI=1S/C20H23N5O4/c1-3-29-20(28)25-10-8-24(9-11-25)19(27)17-12-18(22-13-21-17)23-16-6-4-15(5-7-16)14(2)26/h4-7,12-13H,3,8-11H2,1-2H3,(H,21,22,23). The molecule has 0 unspecified atom stereocenters. The SMILES string of the molecule is CCOC(=O)N1CCN(C(=O)c2cc(Nc3ccc(C(C)=O)cc3)ncn2)CC1. The minimum Gasteiger partial charge on any atom is -0.450 e. The Morgan fingerprint density at radius 3 is 2.31 bits per heavy atom. The van der Waals surface area contributed by atoms with E-state index >= 15 is 0 Å². The molecule has 0 radical (unpaired) electrons. The van der Waals surface area contributed by atoms with E-state index in [2.05, 4.69) is 15.3 Å². The second kappa shape index (κ2) is 9.13. The van der Waals surface area contributed by atoms with Gasteiger partial charge in [-0.1, -0.05) is 0 Å². The van der Waals surface area contributed by atoms with Gasteiger partial charge in [-0.2, -0.15) is 0 Å². The van der Waals surface area contributed by atoms with Gasteiger partial charge in [0.1, 0.15) is 17.8 Å². The van der Waals surface area contributed by atoms with Crippen LogP contribution in [0.1, 0.15) is 34.7 Å². The zero-order valence-electron chi connectivity index (χ0n) is 16.4. The predicted octanol–water partition coefficient (Wildman–Crippen LogP) is 2.34. The van der Waals surface area contributed by atoms with Gasteiger partial charge in [0.15, 0.2) is 5.78 Å². The van der Waals surface area contributed by atoms with Gasteiger partial charge in [0.25, 0.3) is 5.91 Å². The van der Waals surface area contributed by atoms with Crippen LogP contribution in [0.2, 0.25) is 0 Å². The molecule has 0 saturated carbocycles. The van der Waals surface area contributed by atoms with Crippen molar-refractivity contribution < 1.29 is 19.1 Å². The molecule has 2 amide bonds. The fourth-order valence-electron chi connectivity index (χ4n) is 2.95. The number of ketones is 1. The van der Waals surface area contributed by atoms with Gasteiger partial charge < -0.3 is 19.9 Å². The molecule has 0 atom stereocenters. The number of hydrogen-bond acceptors (Lipinski definition) is 7. The minimum absolute atomic E-state index is 0.00507. The van der Waals surface area contributed by atoms with Crippen molar-refractivity contribution in [3.63, 3.8) is 0 Å². The fourth-order valence-corrected chi connectivity index (χ4v) is 2.95. The molecule has 9 heteroatoms. The molecule has 1 N–H and O–H groups in total. The van der Waals surface area contributed by atoms with Gasteiger partial charge in [0.05, 0.1) is 6.61 Å². The van der Waals surface area contributed by atoms with Crippen molar-refractivity contribution in [2.45, 2.75) is 13.8 Å². The lowest BCUT2D eigenvalue weighted by molar-refractivity contribution is 0.0566. The first-order chi connectivity index (χ1) is 14.0. The van der Waals surface area contributed by atoms with Crippen LogP contribution >= 0.6 is 0 Å². The van der Waals surface area contributed by atoms with Crippen LogP contribution < -0.4 is 5.32 Å². The summed E-state index contributed by atoms with van der Waals surface area (Å²) in [6.07, 6.45) is 0.970. The van der Waals surface area contributed by atoms with Crippen molar-refractivity contribution in [2.24, 2.45) is 0 Å². The molecular weight excluding hydrogens is 374 g/mol. The van der Waals surface area contributed by atoms with E-state index in [0.29, 0.717) is 44.2 Å². The van der Waals surface area contributed by atoms with Crippen LogP contribution in [0.3, 0.4) is 0 Å². The molecule has 152 valence electrons. The maximum Gasteiger partial charge on any atom is 0.409 e. The Labute approximate surface area is 168 Å². The third-order valence-electron chi connectivity index (χ3n) is 4.54. The maximum atomic E-state index is 12.8. The number of hydrogen-bond donors (Lipinski definition) is 1. The number of carbonyl (C=O) groups is 3. The van der Waals surface area contributed by atoms with Crippen molar-refractivity contribution in [3.05, 3.63) is 47.9 Å². The van der Waals surface area contributed by atoms with E-state index in [-0.39, 0.29) is 23.5 Å². The largest absolute Gasteiger partial charge is 0.450 e. The number of anilines is 2. The third-order valence-corrected chi connectivity index (χ3v) is 4.54. The van der Waals surface area contributed by atoms with Crippen LogP contribution in [0, 0.1) is 0 Å². The summed E-state index contributed by atoms with van der Waals surface area (Å²) < 4.78 is 4.99. The second-order valence-corrected chi connectivity index (χ2v) is 6.53. The van der Waals surface area contributed by atoms with Gasteiger partial charge in [-0.15, -0.1) is 0 Å². The molecule has 1 aliphatic heterocycles. The van der Waals surface area contributed by atoms with Gasteiger partial charge in [0, 0.05) is 43.5 Å². The molecule has 0 aliphatic carbocycles. The van der Waals surface area contributed by atoms with Crippen molar-refractivity contribution >= 4 is 29.3 Å². The van der Waals surface area contributed by atoms with Crippen molar-refractivity contribution in [1.29, 1.82) is 0 Å². The highest BCUT2D eigenvalue weighted by molar-refractivity contribution is 5.94. The van der Waals surface area contributed by atoms with Crippen LogP contribution in [-0.2, 0) is 4.74 Å². The number of piperazine rings is 1. The number of carbonyl (C=O) groups excluding carboxylic acids is 3. The number of benzene rings is 1. The number of ether oxygens (including phenoxy) is 1. The lowest BCUT2D eigenvalue weighted by Crippen LogP contribution is -2.50. The summed E-state index contributed by atoms with van der Waals surface area (Å²) >= 11 is 0. The lowest BCUT2D eigenvalue weighted by atomic mass is 10.1. The molecule has 1 aliphatic rings. The average molecular weight is 397 g/mol. The number of nitrogens with zero attached hydrogens (tertiary/aromatic N) is 4. The maximum absolute atomic E-state index is 12.8. The number of nitrogens with one attached hydrogen (secondary N) is 1. The first kappa shape index (κ1) is 20.2. The Bertz CT molecular complexity index is 892. The quantitative estimate of drug-likeness (QED) is 0.772. The van der Waals surface area contributed by atoms with E-state index in [1.54, 1.807) is 47.1 Å². The molecule has 9 nitrogen and oxygen atoms in total. The molecule has 1 aromatic carbocycles. The summed E-state index contributed by atoms with van der Waals surface area (Å²) in [5.74, 6) is 0.254. The molecule has 3 rings (SSSR count). The van der Waals surface area contributed by atoms with Crippen LogP contribution in [0.4, 0.5) is 16.3 Å². The summed E-state index contributed by atoms with van der Waals surface area (Å²) in [5.41, 5.74) is 1.64. The van der Waals surface area contributed by atoms with Crippen LogP contribution in [0.5, 0.6) is 0 Å². The molecule has 1 fully saturated rings. The predicted molar refractivity (Wildman–Crippen MR) is 106 cm³/mol. The van der Waals surface area contributed by atoms with E-state index in [4.69, 9.17) is 4.74 Å². The lowest BCUT2D eigenvalue weighted by Gasteiger charge is -2.33. The Balaban J connectivity index is 1.62. The highest BCUT2D eigenvalue weighted by Gasteiger charge is 2.26. The molecule has 2 heterocycles. The minimum atomic E-state index is -0.357. The molecule has 1 aromatic heterocycles. The number of rotatable bonds is 5. The monoisotopic (exact) mass is 397 g/mol. The van der Waals surface area contributed by atoms with Crippen molar-refractivity contribution in [3.8, 4) is 0 Å². The zero-order valence-corrected chi connectivity index (χ0v) is 16.4. The average Bonchev–Trinajstić information content (AvgIpc) is 2.74. The highest BCUT2D eigenvalue weighted by Crippen LogP contribution is 2.17. The van der Waals surface area contributed by atoms with Gasteiger partial charge in [-0.05, 0) is 38.1 Å². The van der Waals surface area contributed by atoms with Gasteiger partial charge in [0.2, 0.25) is 0 Å². The van der Waals surface area contributed by atoms with Gasteiger partial charge in [-0.3, -0.25) is 9.59 Å². The normalized spacial score (nSPS) is 13.7. The van der Waals surface area contributed by atoms with E-state index in [9.17, 15) is 14.4 Å². The molecular formula is C20H23N5O4. The van der Waals surface area contributed by atoms with E-state index in [0.717, 1.165) is 5.69 Å². The summed E-state index contributed by atoms with van der Waals surface area (Å²) in [6.45, 7) is 5.26. The van der Waals surface area contributed by atoms with Crippen LogP contribution in [-0.4, -0.2) is 70.3 Å². The third kappa shape index (κ3) is 5.07. The van der Waals surface area contributed by atoms with Gasteiger partial charge in [-0.25, -0.2) is 14.8 Å². The van der Waals surface area contributed by atoms with Crippen LogP contribution in [0.25, 0.3) is 0 Å². The Kier molecular flexibility index (Phi) is 6.38. The zero-order chi connectivity index (χ0) is 20.8. The van der Waals surface area contributed by atoms with Gasteiger partial charge >= 0.3 is 6.09 Å². The number of Topliss-reactive ketones (excluding diaryl/α,β-unsaturated/α-hetero) is 1. The molecule has 0 spiro atoms. The first-order valence-corrected chi connectivity index (χ1v) is 9.39. The van der Waals surface area contributed by atoms with E-state index < -0.39 is 0 Å². The van der Waals surface area contributed by atoms with Crippen LogP contribution in [0.15, 0.2) is 36.7 Å². The Hall–Kier alpha value is -3.49. The summed E-state index contributed by atoms with van der Waals surface area (Å²) in [5, 5.41) is 3.10. The molecule has 1 saturated heterocycles. The first-order valence-electron chi connectivity index (χ1n) is 9.39.